The van der Waals surface area contributed by atoms with Gasteiger partial charge in [0.1, 0.15) is 5.75 Å². The van der Waals surface area contributed by atoms with Gasteiger partial charge in [0.25, 0.3) is 5.89 Å². The maximum absolute atomic E-state index is 12.2. The van der Waals surface area contributed by atoms with Crippen LogP contribution in [-0.4, -0.2) is 29.1 Å². The molecule has 1 amide bonds. The molecule has 0 saturated heterocycles. The first kappa shape index (κ1) is 19.1. The van der Waals surface area contributed by atoms with Crippen LogP contribution in [0.25, 0.3) is 11.4 Å². The number of para-hydroxylation sites is 1. The molecule has 3 aromatic rings. The van der Waals surface area contributed by atoms with Gasteiger partial charge in [-0.25, -0.2) is 4.79 Å². The fourth-order valence-electron chi connectivity index (χ4n) is 2.45. The number of carbonyl (C=O) groups excluding carboxylic acids is 2. The minimum absolute atomic E-state index is 0.115. The summed E-state index contributed by atoms with van der Waals surface area (Å²) in [5.74, 6) is 0.521. The SMILES string of the molecule is COc1ccccc1-c1noc(COC(=O)c2ccc(CNC(C)=O)cc2)n1. The number of nitrogens with one attached hydrogen (secondary N) is 1. The van der Waals surface area contributed by atoms with Gasteiger partial charge in [-0.1, -0.05) is 29.4 Å². The number of ether oxygens (including phenoxy) is 2. The van der Waals surface area contributed by atoms with Crippen molar-refractivity contribution in [3.63, 3.8) is 0 Å². The first-order chi connectivity index (χ1) is 13.6. The molecular formula is C20H19N3O5. The first-order valence-electron chi connectivity index (χ1n) is 8.53. The largest absolute Gasteiger partial charge is 0.496 e. The number of methoxy groups -OCH3 is 1. The molecule has 0 bridgehead atoms. The second-order valence-electron chi connectivity index (χ2n) is 5.89. The Kier molecular flexibility index (Phi) is 6.01. The summed E-state index contributed by atoms with van der Waals surface area (Å²) in [7, 11) is 1.56. The number of esters is 1. The first-order valence-corrected chi connectivity index (χ1v) is 8.53. The second kappa shape index (κ2) is 8.81. The molecule has 8 nitrogen and oxygen atoms in total. The summed E-state index contributed by atoms with van der Waals surface area (Å²) in [6, 6.07) is 14.0. The Morgan fingerprint density at radius 1 is 1.11 bits per heavy atom. The van der Waals surface area contributed by atoms with Gasteiger partial charge in [-0.15, -0.1) is 0 Å². The number of amides is 1. The lowest BCUT2D eigenvalue weighted by molar-refractivity contribution is -0.119. The molecule has 0 unspecified atom stereocenters. The molecule has 0 spiro atoms. The Hall–Kier alpha value is -3.68. The third-order valence-corrected chi connectivity index (χ3v) is 3.87. The number of carbonyl (C=O) groups is 2. The molecule has 0 atom stereocenters. The van der Waals surface area contributed by atoms with E-state index < -0.39 is 5.97 Å². The minimum Gasteiger partial charge on any atom is -0.496 e. The lowest BCUT2D eigenvalue weighted by Crippen LogP contribution is -2.18. The maximum Gasteiger partial charge on any atom is 0.338 e. The maximum atomic E-state index is 12.2. The number of rotatable bonds is 7. The van der Waals surface area contributed by atoms with Crippen LogP contribution in [-0.2, 0) is 22.7 Å². The lowest BCUT2D eigenvalue weighted by Gasteiger charge is -2.05. The van der Waals surface area contributed by atoms with E-state index in [9.17, 15) is 9.59 Å². The number of hydrogen-bond acceptors (Lipinski definition) is 7. The highest BCUT2D eigenvalue weighted by molar-refractivity contribution is 5.89. The van der Waals surface area contributed by atoms with Gasteiger partial charge in [0.15, 0.2) is 6.61 Å². The predicted octanol–water partition coefficient (Wildman–Crippen LogP) is 2.74. The summed E-state index contributed by atoms with van der Waals surface area (Å²) >= 11 is 0. The van der Waals surface area contributed by atoms with E-state index in [0.29, 0.717) is 29.2 Å². The van der Waals surface area contributed by atoms with Crippen molar-refractivity contribution in [2.24, 2.45) is 0 Å². The molecule has 0 saturated carbocycles. The average molecular weight is 381 g/mol. The van der Waals surface area contributed by atoms with E-state index in [0.717, 1.165) is 5.56 Å². The van der Waals surface area contributed by atoms with E-state index in [1.54, 1.807) is 37.4 Å². The molecule has 144 valence electrons. The van der Waals surface area contributed by atoms with E-state index >= 15 is 0 Å². The molecule has 1 N–H and O–H groups in total. The van der Waals surface area contributed by atoms with Gasteiger partial charge in [-0.2, -0.15) is 4.98 Å². The van der Waals surface area contributed by atoms with Crippen molar-refractivity contribution in [2.45, 2.75) is 20.1 Å². The van der Waals surface area contributed by atoms with E-state index in [-0.39, 0.29) is 18.4 Å². The van der Waals surface area contributed by atoms with Crippen LogP contribution in [0.4, 0.5) is 0 Å². The molecule has 3 rings (SSSR count). The van der Waals surface area contributed by atoms with Crippen molar-refractivity contribution >= 4 is 11.9 Å². The van der Waals surface area contributed by atoms with Crippen molar-refractivity contribution in [3.05, 3.63) is 65.5 Å². The van der Waals surface area contributed by atoms with Crippen LogP contribution in [0.3, 0.4) is 0 Å². The van der Waals surface area contributed by atoms with Crippen LogP contribution in [0.2, 0.25) is 0 Å². The number of benzene rings is 2. The van der Waals surface area contributed by atoms with E-state index in [1.165, 1.54) is 6.92 Å². The third-order valence-electron chi connectivity index (χ3n) is 3.87. The molecule has 1 aromatic heterocycles. The van der Waals surface area contributed by atoms with Crippen LogP contribution in [0.5, 0.6) is 5.75 Å². The minimum atomic E-state index is -0.511. The Balaban J connectivity index is 1.59. The number of hydrogen-bond donors (Lipinski definition) is 1. The summed E-state index contributed by atoms with van der Waals surface area (Å²) in [5.41, 5.74) is 1.95. The molecule has 2 aromatic carbocycles. The molecule has 0 radical (unpaired) electrons. The predicted molar refractivity (Wildman–Crippen MR) is 99.4 cm³/mol. The summed E-state index contributed by atoms with van der Waals surface area (Å²) in [6.07, 6.45) is 0. The molecule has 0 fully saturated rings. The standard InChI is InChI=1S/C20H19N3O5/c1-13(24)21-11-14-7-9-15(10-8-14)20(25)27-12-18-22-19(23-28-18)16-5-3-4-6-17(16)26-2/h3-10H,11-12H2,1-2H3,(H,21,24). The van der Waals surface area contributed by atoms with Gasteiger partial charge < -0.3 is 19.3 Å². The number of nitrogens with zero attached hydrogens (tertiary/aromatic N) is 2. The van der Waals surface area contributed by atoms with Gasteiger partial charge in [0.2, 0.25) is 11.7 Å². The highest BCUT2D eigenvalue weighted by Gasteiger charge is 2.15. The Labute approximate surface area is 161 Å². The van der Waals surface area contributed by atoms with Gasteiger partial charge in [-0.05, 0) is 29.8 Å². The molecule has 0 aliphatic rings. The van der Waals surface area contributed by atoms with Gasteiger partial charge in [0, 0.05) is 13.5 Å². The normalized spacial score (nSPS) is 10.4. The van der Waals surface area contributed by atoms with Crippen molar-refractivity contribution in [2.75, 3.05) is 7.11 Å². The molecule has 0 aliphatic carbocycles. The quantitative estimate of drug-likeness (QED) is 0.628. The van der Waals surface area contributed by atoms with E-state index in [1.807, 2.05) is 18.2 Å². The van der Waals surface area contributed by atoms with Crippen LogP contribution in [0.15, 0.2) is 53.1 Å². The van der Waals surface area contributed by atoms with Crippen molar-refractivity contribution in [1.82, 2.24) is 15.5 Å². The Bertz CT molecular complexity index is 966. The molecule has 28 heavy (non-hydrogen) atoms. The molecule has 8 heteroatoms. The van der Waals surface area contributed by atoms with E-state index in [2.05, 4.69) is 15.5 Å². The van der Waals surface area contributed by atoms with Crippen LogP contribution >= 0.6 is 0 Å². The summed E-state index contributed by atoms with van der Waals surface area (Å²) in [4.78, 5) is 27.3. The lowest BCUT2D eigenvalue weighted by atomic mass is 10.1. The fourth-order valence-corrected chi connectivity index (χ4v) is 2.45. The van der Waals surface area contributed by atoms with Crippen LogP contribution in [0.1, 0.15) is 28.7 Å². The third kappa shape index (κ3) is 4.73. The second-order valence-corrected chi connectivity index (χ2v) is 5.89. The van der Waals surface area contributed by atoms with Crippen molar-refractivity contribution in [3.8, 4) is 17.1 Å². The molecule has 0 aliphatic heterocycles. The zero-order valence-corrected chi connectivity index (χ0v) is 15.5. The van der Waals surface area contributed by atoms with Gasteiger partial charge in [-0.3, -0.25) is 4.79 Å². The zero-order valence-electron chi connectivity index (χ0n) is 15.5. The fraction of sp³-hybridized carbons (Fsp3) is 0.200. The van der Waals surface area contributed by atoms with Gasteiger partial charge in [0.05, 0.1) is 18.2 Å². The van der Waals surface area contributed by atoms with Crippen molar-refractivity contribution in [1.29, 1.82) is 0 Å². The summed E-state index contributed by atoms with van der Waals surface area (Å²) in [6.45, 7) is 1.70. The number of aromatic nitrogens is 2. The summed E-state index contributed by atoms with van der Waals surface area (Å²) < 4.78 is 15.6. The van der Waals surface area contributed by atoms with Crippen LogP contribution < -0.4 is 10.1 Å². The smallest absolute Gasteiger partial charge is 0.338 e. The highest BCUT2D eigenvalue weighted by atomic mass is 16.6. The average Bonchev–Trinajstić information content (AvgIpc) is 3.19. The monoisotopic (exact) mass is 381 g/mol. The zero-order chi connectivity index (χ0) is 19.9. The topological polar surface area (TPSA) is 104 Å². The molecular weight excluding hydrogens is 362 g/mol. The molecule has 1 heterocycles. The Morgan fingerprint density at radius 2 is 1.86 bits per heavy atom. The summed E-state index contributed by atoms with van der Waals surface area (Å²) in [5, 5.41) is 6.59. The van der Waals surface area contributed by atoms with Crippen LogP contribution in [0, 0.1) is 0 Å². The Morgan fingerprint density at radius 3 is 2.57 bits per heavy atom. The van der Waals surface area contributed by atoms with E-state index in [4.69, 9.17) is 14.0 Å². The highest BCUT2D eigenvalue weighted by Crippen LogP contribution is 2.27. The van der Waals surface area contributed by atoms with Gasteiger partial charge >= 0.3 is 5.97 Å². The van der Waals surface area contributed by atoms with Crippen molar-refractivity contribution < 1.29 is 23.6 Å².